The minimum atomic E-state index is -0.941. The molecule has 6 heteroatoms. The zero-order valence-corrected chi connectivity index (χ0v) is 13.6. The van der Waals surface area contributed by atoms with Crippen LogP contribution in [0.25, 0.3) is 0 Å². The molecule has 0 saturated carbocycles. The lowest BCUT2D eigenvalue weighted by Crippen LogP contribution is -2.50. The Kier molecular flexibility index (Phi) is 4.37. The van der Waals surface area contributed by atoms with Crippen LogP contribution in [0.4, 0.5) is 4.79 Å². The molecule has 2 heterocycles. The number of carbonyl (C=O) groups is 2. The fourth-order valence-corrected chi connectivity index (χ4v) is 3.32. The van der Waals surface area contributed by atoms with E-state index in [0.717, 1.165) is 17.5 Å². The Morgan fingerprint density at radius 2 is 2.22 bits per heavy atom. The highest BCUT2D eigenvalue weighted by molar-refractivity contribution is 6.07. The second-order valence-corrected chi connectivity index (χ2v) is 6.05. The molecule has 1 saturated heterocycles. The van der Waals surface area contributed by atoms with Crippen LogP contribution in [0.3, 0.4) is 0 Å². The van der Waals surface area contributed by atoms with Crippen LogP contribution in [0.15, 0.2) is 18.2 Å². The topological polar surface area (TPSA) is 67.9 Å². The maximum Gasteiger partial charge on any atom is 0.325 e. The number of urea groups is 1. The van der Waals surface area contributed by atoms with Gasteiger partial charge in [-0.25, -0.2) is 4.79 Å². The Balaban J connectivity index is 1.86. The first-order chi connectivity index (χ1) is 11.1. The highest BCUT2D eigenvalue weighted by Crippen LogP contribution is 2.27. The number of benzene rings is 1. The second-order valence-electron chi connectivity index (χ2n) is 6.05. The lowest BCUT2D eigenvalue weighted by molar-refractivity contribution is -0.133. The van der Waals surface area contributed by atoms with Crippen LogP contribution < -0.4 is 5.32 Å². The van der Waals surface area contributed by atoms with Crippen molar-refractivity contribution in [2.75, 3.05) is 20.3 Å². The van der Waals surface area contributed by atoms with Crippen LogP contribution in [-0.2, 0) is 33.8 Å². The highest BCUT2D eigenvalue weighted by Gasteiger charge is 2.50. The summed E-state index contributed by atoms with van der Waals surface area (Å²) in [6.07, 6.45) is 1.31. The van der Waals surface area contributed by atoms with Crippen molar-refractivity contribution in [2.45, 2.75) is 38.5 Å². The predicted octanol–water partition coefficient (Wildman–Crippen LogP) is 1.61. The summed E-state index contributed by atoms with van der Waals surface area (Å²) in [5, 5.41) is 2.81. The quantitative estimate of drug-likeness (QED) is 0.838. The van der Waals surface area contributed by atoms with Gasteiger partial charge in [0.05, 0.1) is 26.4 Å². The van der Waals surface area contributed by atoms with E-state index in [4.69, 9.17) is 9.47 Å². The Labute approximate surface area is 135 Å². The lowest BCUT2D eigenvalue weighted by atomic mass is 9.95. The molecule has 1 aromatic rings. The molecule has 6 nitrogen and oxygen atoms in total. The van der Waals surface area contributed by atoms with Gasteiger partial charge in [0, 0.05) is 7.11 Å². The van der Waals surface area contributed by atoms with Gasteiger partial charge in [0.2, 0.25) is 0 Å². The molecule has 0 bridgehead atoms. The van der Waals surface area contributed by atoms with Gasteiger partial charge in [-0.15, -0.1) is 0 Å². The standard InChI is InChI=1S/C17H22N2O4/c1-3-17(11-22-2)15(20)19(16(21)18-17)9-12-5-4-6-13-10-23-8-7-14(12)13/h4-6H,3,7-11H2,1-2H3,(H,18,21). The van der Waals surface area contributed by atoms with E-state index in [9.17, 15) is 9.59 Å². The van der Waals surface area contributed by atoms with Crippen molar-refractivity contribution in [1.29, 1.82) is 0 Å². The number of nitrogens with one attached hydrogen (secondary N) is 1. The maximum absolute atomic E-state index is 12.8. The van der Waals surface area contributed by atoms with Gasteiger partial charge in [0.1, 0.15) is 5.54 Å². The number of nitrogens with zero attached hydrogens (tertiary/aromatic N) is 1. The summed E-state index contributed by atoms with van der Waals surface area (Å²) in [6.45, 7) is 3.62. The fourth-order valence-electron chi connectivity index (χ4n) is 3.32. The van der Waals surface area contributed by atoms with E-state index >= 15 is 0 Å². The molecule has 2 aliphatic rings. The molecule has 0 radical (unpaired) electrons. The number of fused-ring (bicyclic) bond motifs is 1. The highest BCUT2D eigenvalue weighted by atomic mass is 16.5. The number of hydrogen-bond acceptors (Lipinski definition) is 4. The first-order valence-electron chi connectivity index (χ1n) is 7.91. The van der Waals surface area contributed by atoms with E-state index < -0.39 is 5.54 Å². The number of ether oxygens (including phenoxy) is 2. The third-order valence-electron chi connectivity index (χ3n) is 4.69. The number of amides is 3. The van der Waals surface area contributed by atoms with Crippen molar-refractivity contribution in [1.82, 2.24) is 10.2 Å². The molecule has 0 aliphatic carbocycles. The van der Waals surface area contributed by atoms with E-state index in [1.165, 1.54) is 17.6 Å². The molecule has 2 aliphatic heterocycles. The number of rotatable bonds is 5. The maximum atomic E-state index is 12.8. The van der Waals surface area contributed by atoms with Crippen LogP contribution in [0, 0.1) is 0 Å². The summed E-state index contributed by atoms with van der Waals surface area (Å²) >= 11 is 0. The Hall–Kier alpha value is -1.92. The average Bonchev–Trinajstić information content (AvgIpc) is 2.80. The van der Waals surface area contributed by atoms with Crippen LogP contribution in [0.2, 0.25) is 0 Å². The zero-order valence-electron chi connectivity index (χ0n) is 13.6. The van der Waals surface area contributed by atoms with Crippen molar-refractivity contribution >= 4 is 11.9 Å². The zero-order chi connectivity index (χ0) is 16.4. The second kappa shape index (κ2) is 6.29. The van der Waals surface area contributed by atoms with E-state index in [1.54, 1.807) is 0 Å². The molecule has 3 amide bonds. The van der Waals surface area contributed by atoms with Gasteiger partial charge in [-0.1, -0.05) is 25.1 Å². The van der Waals surface area contributed by atoms with Gasteiger partial charge < -0.3 is 14.8 Å². The van der Waals surface area contributed by atoms with Crippen molar-refractivity contribution in [3.8, 4) is 0 Å². The van der Waals surface area contributed by atoms with Crippen molar-refractivity contribution in [3.05, 3.63) is 34.9 Å². The molecule has 1 aromatic carbocycles. The van der Waals surface area contributed by atoms with Crippen molar-refractivity contribution in [3.63, 3.8) is 0 Å². The molecular formula is C17H22N2O4. The van der Waals surface area contributed by atoms with Gasteiger partial charge in [-0.3, -0.25) is 9.69 Å². The number of methoxy groups -OCH3 is 1. The largest absolute Gasteiger partial charge is 0.382 e. The van der Waals surface area contributed by atoms with E-state index in [2.05, 4.69) is 5.32 Å². The van der Waals surface area contributed by atoms with E-state index in [0.29, 0.717) is 26.2 Å². The van der Waals surface area contributed by atoms with E-state index in [-0.39, 0.29) is 18.5 Å². The summed E-state index contributed by atoms with van der Waals surface area (Å²) < 4.78 is 10.6. The molecule has 1 N–H and O–H groups in total. The van der Waals surface area contributed by atoms with Crippen LogP contribution in [0.1, 0.15) is 30.0 Å². The number of imide groups is 1. The number of hydrogen-bond donors (Lipinski definition) is 1. The van der Waals surface area contributed by atoms with Crippen molar-refractivity contribution < 1.29 is 19.1 Å². The predicted molar refractivity (Wildman–Crippen MR) is 83.8 cm³/mol. The molecule has 23 heavy (non-hydrogen) atoms. The molecule has 1 unspecified atom stereocenters. The fraction of sp³-hybridized carbons (Fsp3) is 0.529. The molecule has 1 fully saturated rings. The molecule has 1 atom stereocenters. The van der Waals surface area contributed by atoms with Gasteiger partial charge >= 0.3 is 6.03 Å². The third kappa shape index (κ3) is 2.72. The van der Waals surface area contributed by atoms with Crippen LogP contribution in [-0.4, -0.2) is 42.7 Å². The smallest absolute Gasteiger partial charge is 0.325 e. The Morgan fingerprint density at radius 1 is 1.39 bits per heavy atom. The van der Waals surface area contributed by atoms with Gasteiger partial charge in [-0.2, -0.15) is 0 Å². The van der Waals surface area contributed by atoms with E-state index in [1.807, 2.05) is 25.1 Å². The third-order valence-corrected chi connectivity index (χ3v) is 4.69. The molecule has 3 rings (SSSR count). The van der Waals surface area contributed by atoms with Gasteiger partial charge in [0.25, 0.3) is 5.91 Å². The van der Waals surface area contributed by atoms with Gasteiger partial charge in [0.15, 0.2) is 0 Å². The Bertz CT molecular complexity index is 631. The molecule has 124 valence electrons. The first-order valence-corrected chi connectivity index (χ1v) is 7.91. The summed E-state index contributed by atoms with van der Waals surface area (Å²) in [6, 6.07) is 5.61. The summed E-state index contributed by atoms with van der Waals surface area (Å²) in [5.41, 5.74) is 2.40. The lowest BCUT2D eigenvalue weighted by Gasteiger charge is -2.25. The minimum Gasteiger partial charge on any atom is -0.382 e. The van der Waals surface area contributed by atoms with Crippen LogP contribution in [0.5, 0.6) is 0 Å². The van der Waals surface area contributed by atoms with Crippen LogP contribution >= 0.6 is 0 Å². The normalized spacial score (nSPS) is 23.8. The molecular weight excluding hydrogens is 296 g/mol. The first kappa shape index (κ1) is 16.0. The SMILES string of the molecule is CCC1(COC)NC(=O)N(Cc2cccc3c2CCOC3)C1=O. The average molecular weight is 318 g/mol. The van der Waals surface area contributed by atoms with Crippen molar-refractivity contribution in [2.24, 2.45) is 0 Å². The summed E-state index contributed by atoms with van der Waals surface area (Å²) in [7, 11) is 1.53. The molecule has 0 aromatic heterocycles. The summed E-state index contributed by atoms with van der Waals surface area (Å²) in [4.78, 5) is 26.4. The molecule has 0 spiro atoms. The minimum absolute atomic E-state index is 0.186. The summed E-state index contributed by atoms with van der Waals surface area (Å²) in [5.74, 6) is -0.212. The monoisotopic (exact) mass is 318 g/mol. The van der Waals surface area contributed by atoms with Gasteiger partial charge in [-0.05, 0) is 29.5 Å². The Morgan fingerprint density at radius 3 is 2.96 bits per heavy atom. The number of carbonyl (C=O) groups excluding carboxylic acids is 2.